The van der Waals surface area contributed by atoms with Gasteiger partial charge in [0.1, 0.15) is 17.2 Å². The van der Waals surface area contributed by atoms with Gasteiger partial charge in [0.25, 0.3) is 0 Å². The molecule has 0 saturated carbocycles. The number of hydrazone groups is 1. The highest BCUT2D eigenvalue weighted by Crippen LogP contribution is 2.29. The predicted octanol–water partition coefficient (Wildman–Crippen LogP) is 2.72. The zero-order chi connectivity index (χ0) is 11.8. The summed E-state index contributed by atoms with van der Waals surface area (Å²) in [6.45, 7) is 3.49. The number of hydrogen-bond acceptors (Lipinski definition) is 2. The van der Waals surface area contributed by atoms with Gasteiger partial charge in [-0.25, -0.2) is 8.78 Å². The van der Waals surface area contributed by atoms with Crippen molar-refractivity contribution in [3.8, 4) is 0 Å². The van der Waals surface area contributed by atoms with Crippen molar-refractivity contribution in [1.82, 2.24) is 5.43 Å². The largest absolute Gasteiger partial charge is 0.295 e. The number of benzene rings is 1. The third-order valence-corrected chi connectivity index (χ3v) is 2.60. The van der Waals surface area contributed by atoms with Crippen LogP contribution in [0.5, 0.6) is 0 Å². The van der Waals surface area contributed by atoms with Crippen molar-refractivity contribution in [2.24, 2.45) is 5.10 Å². The molecular formula is C12H12F2N2. The number of halogens is 2. The van der Waals surface area contributed by atoms with Crippen LogP contribution in [0.1, 0.15) is 19.4 Å². The van der Waals surface area contributed by atoms with Crippen molar-refractivity contribution in [1.29, 1.82) is 0 Å². The Balaban J connectivity index is 2.49. The fraction of sp³-hybridized carbons (Fsp3) is 0.250. The molecule has 1 N–H and O–H groups in total. The Hall–Kier alpha value is -1.71. The zero-order valence-electron chi connectivity index (χ0n) is 9.09. The quantitative estimate of drug-likeness (QED) is 0.776. The maximum absolute atomic E-state index is 13.6. The van der Waals surface area contributed by atoms with Crippen LogP contribution in [0, 0.1) is 11.6 Å². The Morgan fingerprint density at radius 3 is 2.38 bits per heavy atom. The summed E-state index contributed by atoms with van der Waals surface area (Å²) in [5.41, 5.74) is 2.59. The Kier molecular flexibility index (Phi) is 2.50. The van der Waals surface area contributed by atoms with Gasteiger partial charge in [0, 0.05) is 0 Å². The standard InChI is InChI=1S/C12H12F2N2/c1-8-6-7-12(2,16-15-8)11-9(13)4-3-5-10(11)14/h3-7,16H,1-2H3. The summed E-state index contributed by atoms with van der Waals surface area (Å²) in [5.74, 6) is -1.15. The number of rotatable bonds is 1. The third kappa shape index (κ3) is 1.71. The van der Waals surface area contributed by atoms with E-state index in [-0.39, 0.29) is 5.56 Å². The van der Waals surface area contributed by atoms with Crippen molar-refractivity contribution in [2.45, 2.75) is 19.4 Å². The predicted molar refractivity (Wildman–Crippen MR) is 59.1 cm³/mol. The van der Waals surface area contributed by atoms with Crippen molar-refractivity contribution in [2.75, 3.05) is 0 Å². The van der Waals surface area contributed by atoms with Gasteiger partial charge in [0.2, 0.25) is 0 Å². The van der Waals surface area contributed by atoms with Crippen molar-refractivity contribution < 1.29 is 8.78 Å². The molecule has 0 spiro atoms. The average Bonchev–Trinajstić information content (AvgIpc) is 2.23. The monoisotopic (exact) mass is 222 g/mol. The first-order valence-corrected chi connectivity index (χ1v) is 4.98. The minimum atomic E-state index is -0.936. The number of nitrogens with one attached hydrogen (secondary N) is 1. The molecular weight excluding hydrogens is 210 g/mol. The van der Waals surface area contributed by atoms with E-state index in [9.17, 15) is 8.78 Å². The Morgan fingerprint density at radius 1 is 1.25 bits per heavy atom. The topological polar surface area (TPSA) is 24.4 Å². The zero-order valence-corrected chi connectivity index (χ0v) is 9.09. The first-order chi connectivity index (χ1) is 7.53. The van der Waals surface area contributed by atoms with Crippen LogP contribution < -0.4 is 5.43 Å². The molecule has 16 heavy (non-hydrogen) atoms. The SMILES string of the molecule is CC1=NNC(C)(c2c(F)cccc2F)C=C1. The second kappa shape index (κ2) is 3.70. The average molecular weight is 222 g/mol. The lowest BCUT2D eigenvalue weighted by Gasteiger charge is -2.29. The van der Waals surface area contributed by atoms with E-state index >= 15 is 0 Å². The van der Waals surface area contributed by atoms with E-state index in [0.717, 1.165) is 5.71 Å². The molecule has 0 bridgehead atoms. The van der Waals surface area contributed by atoms with E-state index in [4.69, 9.17) is 0 Å². The molecule has 0 radical (unpaired) electrons. The Labute approximate surface area is 92.7 Å². The van der Waals surface area contributed by atoms with Crippen LogP contribution in [0.15, 0.2) is 35.5 Å². The summed E-state index contributed by atoms with van der Waals surface area (Å²) in [7, 11) is 0. The van der Waals surface area contributed by atoms with E-state index in [0.29, 0.717) is 0 Å². The van der Waals surface area contributed by atoms with Crippen LogP contribution in [-0.4, -0.2) is 5.71 Å². The third-order valence-electron chi connectivity index (χ3n) is 2.60. The van der Waals surface area contributed by atoms with Gasteiger partial charge in [0.05, 0.1) is 11.3 Å². The van der Waals surface area contributed by atoms with Crippen molar-refractivity contribution in [3.05, 3.63) is 47.5 Å². The molecule has 1 aromatic carbocycles. The van der Waals surface area contributed by atoms with Gasteiger partial charge >= 0.3 is 0 Å². The molecule has 0 aliphatic carbocycles. The van der Waals surface area contributed by atoms with Gasteiger partial charge in [0.15, 0.2) is 0 Å². The van der Waals surface area contributed by atoms with Crippen LogP contribution in [0.25, 0.3) is 0 Å². The molecule has 2 nitrogen and oxygen atoms in total. The fourth-order valence-electron chi connectivity index (χ4n) is 1.70. The minimum Gasteiger partial charge on any atom is -0.295 e. The minimum absolute atomic E-state index is 0.0116. The van der Waals surface area contributed by atoms with E-state index in [1.807, 2.05) is 0 Å². The lowest BCUT2D eigenvalue weighted by molar-refractivity contribution is 0.413. The maximum atomic E-state index is 13.6. The number of nitrogens with zero attached hydrogens (tertiary/aromatic N) is 1. The van der Waals surface area contributed by atoms with Gasteiger partial charge in [-0.3, -0.25) is 5.43 Å². The molecule has 1 atom stereocenters. The molecule has 2 rings (SSSR count). The van der Waals surface area contributed by atoms with Crippen LogP contribution in [0.2, 0.25) is 0 Å². The molecule has 1 aliphatic rings. The van der Waals surface area contributed by atoms with Gasteiger partial charge in [-0.1, -0.05) is 12.1 Å². The molecule has 4 heteroatoms. The van der Waals surface area contributed by atoms with E-state index in [1.165, 1.54) is 18.2 Å². The highest BCUT2D eigenvalue weighted by atomic mass is 19.1. The molecule has 1 aromatic rings. The first kappa shape index (κ1) is 10.8. The first-order valence-electron chi connectivity index (χ1n) is 4.98. The lowest BCUT2D eigenvalue weighted by atomic mass is 9.90. The fourth-order valence-corrected chi connectivity index (χ4v) is 1.70. The molecule has 84 valence electrons. The summed E-state index contributed by atoms with van der Waals surface area (Å²) in [6, 6.07) is 3.83. The molecule has 0 amide bonds. The van der Waals surface area contributed by atoms with Gasteiger partial charge < -0.3 is 0 Å². The summed E-state index contributed by atoms with van der Waals surface area (Å²) in [4.78, 5) is 0. The van der Waals surface area contributed by atoms with Gasteiger partial charge in [-0.05, 0) is 32.1 Å². The van der Waals surface area contributed by atoms with Gasteiger partial charge in [-0.2, -0.15) is 5.10 Å². The number of hydrogen-bond donors (Lipinski definition) is 1. The van der Waals surface area contributed by atoms with Crippen molar-refractivity contribution >= 4 is 5.71 Å². The molecule has 0 aromatic heterocycles. The summed E-state index contributed by atoms with van der Waals surface area (Å²) in [6.07, 6.45) is 3.44. The normalized spacial score (nSPS) is 23.9. The summed E-state index contributed by atoms with van der Waals surface area (Å²) >= 11 is 0. The second-order valence-electron chi connectivity index (χ2n) is 4.00. The molecule has 0 fully saturated rings. The lowest BCUT2D eigenvalue weighted by Crippen LogP contribution is -2.38. The summed E-state index contributed by atoms with van der Waals surface area (Å²) < 4.78 is 27.2. The van der Waals surface area contributed by atoms with Crippen LogP contribution in [-0.2, 0) is 5.54 Å². The highest BCUT2D eigenvalue weighted by Gasteiger charge is 2.31. The van der Waals surface area contributed by atoms with E-state index in [2.05, 4.69) is 10.5 Å². The molecule has 0 saturated heterocycles. The van der Waals surface area contributed by atoms with Crippen LogP contribution >= 0.6 is 0 Å². The smallest absolute Gasteiger partial charge is 0.132 e. The Bertz CT molecular complexity index is 460. The maximum Gasteiger partial charge on any atom is 0.132 e. The summed E-state index contributed by atoms with van der Waals surface area (Å²) in [5, 5.41) is 3.99. The van der Waals surface area contributed by atoms with Gasteiger partial charge in [-0.15, -0.1) is 0 Å². The number of allylic oxidation sites excluding steroid dienone is 1. The highest BCUT2D eigenvalue weighted by molar-refractivity contribution is 5.93. The second-order valence-corrected chi connectivity index (χ2v) is 4.00. The van der Waals surface area contributed by atoms with E-state index in [1.54, 1.807) is 26.0 Å². The van der Waals surface area contributed by atoms with E-state index < -0.39 is 17.2 Å². The van der Waals surface area contributed by atoms with Crippen LogP contribution in [0.3, 0.4) is 0 Å². The van der Waals surface area contributed by atoms with Crippen molar-refractivity contribution in [3.63, 3.8) is 0 Å². The Morgan fingerprint density at radius 2 is 1.88 bits per heavy atom. The van der Waals surface area contributed by atoms with Crippen LogP contribution in [0.4, 0.5) is 8.78 Å². The molecule has 1 unspecified atom stereocenters. The molecule has 1 heterocycles. The molecule has 1 aliphatic heterocycles.